The van der Waals surface area contributed by atoms with Gasteiger partial charge in [-0.15, -0.1) is 11.8 Å². The molecular weight excluding hydrogens is 330 g/mol. The number of benzene rings is 1. The summed E-state index contributed by atoms with van der Waals surface area (Å²) in [5, 5.41) is 0.521. The fourth-order valence-electron chi connectivity index (χ4n) is 1.26. The Bertz CT molecular complexity index is 451. The Labute approximate surface area is 127 Å². The number of rotatable bonds is 7. The van der Waals surface area contributed by atoms with Crippen LogP contribution in [0.25, 0.3) is 0 Å². The van der Waals surface area contributed by atoms with Gasteiger partial charge >= 0.3 is 7.82 Å². The highest BCUT2D eigenvalue weighted by Gasteiger charge is 2.29. The summed E-state index contributed by atoms with van der Waals surface area (Å²) in [7, 11) is -3.69. The van der Waals surface area contributed by atoms with Gasteiger partial charge in [0, 0.05) is 4.90 Å². The summed E-state index contributed by atoms with van der Waals surface area (Å²) in [5.74, 6) is 0.103. The summed E-state index contributed by atoms with van der Waals surface area (Å²) in [5.41, 5.74) is 0. The van der Waals surface area contributed by atoms with Crippen molar-refractivity contribution >= 4 is 42.8 Å². The van der Waals surface area contributed by atoms with Crippen molar-refractivity contribution in [2.24, 2.45) is 0 Å². The molecule has 0 N–H and O–H groups in total. The highest BCUT2D eigenvalue weighted by atomic mass is 35.5. The first-order valence-electron chi connectivity index (χ1n) is 5.57. The zero-order valence-corrected chi connectivity index (χ0v) is 14.0. The predicted octanol–water partition coefficient (Wildman–Crippen LogP) is 5.28. The van der Waals surface area contributed by atoms with Crippen LogP contribution in [0.1, 0.15) is 13.8 Å². The molecule has 0 aliphatic heterocycles. The summed E-state index contributed by atoms with van der Waals surface area (Å²) < 4.78 is 27.6. The molecule has 0 saturated carbocycles. The zero-order chi connectivity index (χ0) is 14.5. The van der Waals surface area contributed by atoms with Crippen LogP contribution >= 0.6 is 42.8 Å². The van der Waals surface area contributed by atoms with Crippen LogP contribution in [0.3, 0.4) is 0 Å². The molecule has 4 nitrogen and oxygen atoms in total. The minimum absolute atomic E-state index is 0.103. The minimum Gasteiger partial charge on any atom is -0.401 e. The lowest BCUT2D eigenvalue weighted by atomic mass is 10.3. The van der Waals surface area contributed by atoms with E-state index in [1.165, 1.54) is 11.8 Å². The van der Waals surface area contributed by atoms with E-state index in [0.717, 1.165) is 4.90 Å². The molecular formula is C11H15Cl2O4PS. The molecule has 0 unspecified atom stereocenters. The van der Waals surface area contributed by atoms with E-state index >= 15 is 0 Å². The maximum absolute atomic E-state index is 12.3. The van der Waals surface area contributed by atoms with Gasteiger partial charge in [-0.25, -0.2) is 4.57 Å². The van der Waals surface area contributed by atoms with E-state index in [2.05, 4.69) is 0 Å². The first-order chi connectivity index (χ1) is 8.95. The Hall–Kier alpha value is 0.1000. The molecule has 0 radical (unpaired) electrons. The van der Waals surface area contributed by atoms with E-state index in [9.17, 15) is 4.57 Å². The van der Waals surface area contributed by atoms with Gasteiger partial charge in [0.2, 0.25) is 0 Å². The smallest absolute Gasteiger partial charge is 0.401 e. The quantitative estimate of drug-likeness (QED) is 0.497. The third-order valence-corrected chi connectivity index (χ3v) is 4.81. The SMILES string of the molecule is CCOP(=O)(OCC)Oc1c(Cl)cc(SC)cc1Cl. The van der Waals surface area contributed by atoms with E-state index in [1.54, 1.807) is 26.0 Å². The molecule has 1 aromatic rings. The van der Waals surface area contributed by atoms with Crippen molar-refractivity contribution in [3.05, 3.63) is 22.2 Å². The molecule has 8 heteroatoms. The molecule has 0 atom stereocenters. The van der Waals surface area contributed by atoms with E-state index in [-0.39, 0.29) is 29.0 Å². The lowest BCUT2D eigenvalue weighted by molar-refractivity contribution is 0.167. The van der Waals surface area contributed by atoms with Crippen LogP contribution in [0.5, 0.6) is 5.75 Å². The van der Waals surface area contributed by atoms with E-state index in [4.69, 9.17) is 36.8 Å². The summed E-state index contributed by atoms with van der Waals surface area (Å²) in [6, 6.07) is 3.35. The summed E-state index contributed by atoms with van der Waals surface area (Å²) in [6.07, 6.45) is 1.90. The molecule has 19 heavy (non-hydrogen) atoms. The van der Waals surface area contributed by atoms with Gasteiger partial charge < -0.3 is 4.52 Å². The van der Waals surface area contributed by atoms with Crippen LogP contribution in [0.4, 0.5) is 0 Å². The highest BCUT2D eigenvalue weighted by Crippen LogP contribution is 2.52. The van der Waals surface area contributed by atoms with Crippen molar-refractivity contribution in [1.82, 2.24) is 0 Å². The van der Waals surface area contributed by atoms with Crippen LogP contribution in [-0.2, 0) is 13.6 Å². The van der Waals surface area contributed by atoms with Gasteiger partial charge in [-0.3, -0.25) is 9.05 Å². The molecule has 1 aromatic carbocycles. The molecule has 0 aliphatic carbocycles. The summed E-state index contributed by atoms with van der Waals surface area (Å²) >= 11 is 13.6. The molecule has 0 saturated heterocycles. The Morgan fingerprint density at radius 2 is 1.63 bits per heavy atom. The van der Waals surface area contributed by atoms with E-state index in [0.29, 0.717) is 0 Å². The lowest BCUT2D eigenvalue weighted by Gasteiger charge is -2.18. The topological polar surface area (TPSA) is 44.8 Å². The molecule has 0 aromatic heterocycles. The normalized spacial score (nSPS) is 11.6. The van der Waals surface area contributed by atoms with E-state index < -0.39 is 7.82 Å². The van der Waals surface area contributed by atoms with Gasteiger partial charge in [0.1, 0.15) is 0 Å². The van der Waals surface area contributed by atoms with Gasteiger partial charge in [0.05, 0.1) is 23.3 Å². The predicted molar refractivity (Wildman–Crippen MR) is 79.7 cm³/mol. The maximum atomic E-state index is 12.3. The van der Waals surface area contributed by atoms with Crippen LogP contribution in [0.15, 0.2) is 17.0 Å². The second-order valence-corrected chi connectivity index (χ2v) is 6.58. The Morgan fingerprint density at radius 1 is 1.16 bits per heavy atom. The van der Waals surface area contributed by atoms with Gasteiger partial charge in [-0.1, -0.05) is 23.2 Å². The van der Waals surface area contributed by atoms with Gasteiger partial charge in [-0.2, -0.15) is 0 Å². The number of hydrogen-bond acceptors (Lipinski definition) is 5. The van der Waals surface area contributed by atoms with Crippen LogP contribution < -0.4 is 4.52 Å². The van der Waals surface area contributed by atoms with Gasteiger partial charge in [0.25, 0.3) is 0 Å². The average Bonchev–Trinajstić information content (AvgIpc) is 2.34. The molecule has 0 bridgehead atoms. The second kappa shape index (κ2) is 7.77. The van der Waals surface area contributed by atoms with Crippen molar-refractivity contribution in [1.29, 1.82) is 0 Å². The average molecular weight is 345 g/mol. The largest absolute Gasteiger partial charge is 0.530 e. The molecule has 0 fully saturated rings. The van der Waals surface area contributed by atoms with Crippen molar-refractivity contribution in [2.45, 2.75) is 18.7 Å². The second-order valence-electron chi connectivity index (χ2n) is 3.29. The van der Waals surface area contributed by atoms with E-state index in [1.807, 2.05) is 6.26 Å². The molecule has 0 aliphatic rings. The van der Waals surface area contributed by atoms with Gasteiger partial charge in [-0.05, 0) is 32.2 Å². The fourth-order valence-corrected chi connectivity index (χ4v) is 3.76. The van der Waals surface area contributed by atoms with Crippen molar-refractivity contribution in [2.75, 3.05) is 19.5 Å². The molecule has 0 spiro atoms. The molecule has 1 rings (SSSR count). The monoisotopic (exact) mass is 344 g/mol. The van der Waals surface area contributed by atoms with Crippen LogP contribution in [0, 0.1) is 0 Å². The van der Waals surface area contributed by atoms with Crippen molar-refractivity contribution < 1.29 is 18.1 Å². The first kappa shape index (κ1) is 17.2. The molecule has 0 amide bonds. The standard InChI is InChI=1S/C11H15Cl2O4PS/c1-4-15-18(14,16-5-2)17-11-9(12)6-8(19-3)7-10(11)13/h6-7H,4-5H2,1-3H3. The minimum atomic E-state index is -3.69. The van der Waals surface area contributed by atoms with Crippen LogP contribution in [-0.4, -0.2) is 19.5 Å². The fraction of sp³-hybridized carbons (Fsp3) is 0.455. The number of phosphoric ester groups is 1. The zero-order valence-electron chi connectivity index (χ0n) is 10.8. The Kier molecular flexibility index (Phi) is 7.01. The number of thioether (sulfide) groups is 1. The number of halogens is 2. The molecule has 0 heterocycles. The van der Waals surface area contributed by atoms with Crippen molar-refractivity contribution in [3.8, 4) is 5.75 Å². The Balaban J connectivity index is 3.06. The lowest BCUT2D eigenvalue weighted by Crippen LogP contribution is -2.03. The van der Waals surface area contributed by atoms with Gasteiger partial charge in [0.15, 0.2) is 5.75 Å². The van der Waals surface area contributed by atoms with Crippen LogP contribution in [0.2, 0.25) is 10.0 Å². The summed E-state index contributed by atoms with van der Waals surface area (Å²) in [4.78, 5) is 0.880. The first-order valence-corrected chi connectivity index (χ1v) is 9.01. The maximum Gasteiger partial charge on any atom is 0.530 e. The number of hydrogen-bond donors (Lipinski definition) is 0. The third-order valence-electron chi connectivity index (χ3n) is 1.99. The number of phosphoric acid groups is 1. The highest BCUT2D eigenvalue weighted by molar-refractivity contribution is 7.98. The third kappa shape index (κ3) is 4.85. The molecule has 108 valence electrons. The summed E-state index contributed by atoms with van der Waals surface area (Å²) in [6.45, 7) is 3.76. The van der Waals surface area contributed by atoms with Crippen molar-refractivity contribution in [3.63, 3.8) is 0 Å². The Morgan fingerprint density at radius 3 is 2.00 bits per heavy atom.